The molecule has 20 heavy (non-hydrogen) atoms. The molecule has 1 aromatic carbocycles. The number of benzene rings is 1. The van der Waals surface area contributed by atoms with Gasteiger partial charge in [-0.2, -0.15) is 0 Å². The summed E-state index contributed by atoms with van der Waals surface area (Å²) in [6, 6.07) is 2.59. The Hall–Kier alpha value is -1.30. The van der Waals surface area contributed by atoms with Crippen LogP contribution in [0, 0.1) is 0 Å². The van der Waals surface area contributed by atoms with Crippen molar-refractivity contribution < 1.29 is 14.7 Å². The highest BCUT2D eigenvalue weighted by molar-refractivity contribution is 6.37. The quantitative estimate of drug-likeness (QED) is 0.777. The van der Waals surface area contributed by atoms with Crippen LogP contribution in [0.4, 0.5) is 5.69 Å². The van der Waals surface area contributed by atoms with E-state index in [9.17, 15) is 9.59 Å². The molecule has 0 saturated heterocycles. The summed E-state index contributed by atoms with van der Waals surface area (Å²) in [5.41, 5.74) is 4.72. The Balaban J connectivity index is 3.22. The van der Waals surface area contributed by atoms with Crippen LogP contribution in [0.1, 0.15) is 37.0 Å². The lowest BCUT2D eigenvalue weighted by molar-refractivity contribution is -0.121. The van der Waals surface area contributed by atoms with Crippen molar-refractivity contribution in [1.82, 2.24) is 0 Å². The predicted octanol–water partition coefficient (Wildman–Crippen LogP) is 3.15. The number of anilines is 1. The second kappa shape index (κ2) is 6.43. The number of hydrogen-bond acceptors (Lipinski definition) is 3. The minimum atomic E-state index is -1.24. The molecule has 1 aromatic rings. The first-order valence-electron chi connectivity index (χ1n) is 6.07. The predicted molar refractivity (Wildman–Crippen MR) is 79.6 cm³/mol. The van der Waals surface area contributed by atoms with Crippen molar-refractivity contribution in [1.29, 1.82) is 0 Å². The van der Waals surface area contributed by atoms with Gasteiger partial charge in [-0.05, 0) is 25.0 Å². The van der Waals surface area contributed by atoms with Crippen molar-refractivity contribution in [2.45, 2.75) is 32.2 Å². The van der Waals surface area contributed by atoms with Crippen LogP contribution in [0.15, 0.2) is 12.1 Å². The van der Waals surface area contributed by atoms with Crippen molar-refractivity contribution in [3.63, 3.8) is 0 Å². The fraction of sp³-hybridized carbons (Fsp3) is 0.385. The molecule has 0 aliphatic heterocycles. The number of carbonyl (C=O) groups excluding carboxylic acids is 1. The third-order valence-corrected chi connectivity index (χ3v) is 3.75. The molecule has 0 saturated carbocycles. The summed E-state index contributed by atoms with van der Waals surface area (Å²) in [6.07, 6.45) is 0.839. The first-order valence-corrected chi connectivity index (χ1v) is 6.83. The van der Waals surface area contributed by atoms with E-state index in [1.807, 2.05) is 0 Å². The van der Waals surface area contributed by atoms with E-state index in [2.05, 4.69) is 5.32 Å². The lowest BCUT2D eigenvalue weighted by Crippen LogP contribution is -2.50. The highest BCUT2D eigenvalue weighted by Gasteiger charge is 2.31. The molecule has 0 fully saturated rings. The van der Waals surface area contributed by atoms with Crippen LogP contribution in [0.3, 0.4) is 0 Å². The fourth-order valence-electron chi connectivity index (χ4n) is 1.68. The zero-order valence-corrected chi connectivity index (χ0v) is 12.7. The number of hydrogen-bond donors (Lipinski definition) is 3. The van der Waals surface area contributed by atoms with E-state index in [4.69, 9.17) is 34.0 Å². The zero-order valence-electron chi connectivity index (χ0n) is 11.2. The molecule has 1 rings (SSSR count). The van der Waals surface area contributed by atoms with Gasteiger partial charge in [0.1, 0.15) is 0 Å². The molecule has 110 valence electrons. The van der Waals surface area contributed by atoms with Crippen LogP contribution < -0.4 is 11.1 Å². The molecule has 0 bridgehead atoms. The Labute approximate surface area is 127 Å². The number of rotatable bonds is 5. The van der Waals surface area contributed by atoms with E-state index in [-0.39, 0.29) is 21.3 Å². The van der Waals surface area contributed by atoms with Crippen molar-refractivity contribution in [3.8, 4) is 0 Å². The smallest absolute Gasteiger partial charge is 0.337 e. The third-order valence-electron chi connectivity index (χ3n) is 3.24. The number of carbonyl (C=O) groups is 2. The van der Waals surface area contributed by atoms with Crippen molar-refractivity contribution in [2.75, 3.05) is 5.32 Å². The molecule has 0 spiro atoms. The van der Waals surface area contributed by atoms with E-state index in [0.717, 1.165) is 0 Å². The third kappa shape index (κ3) is 3.42. The van der Waals surface area contributed by atoms with E-state index in [1.165, 1.54) is 12.1 Å². The van der Waals surface area contributed by atoms with Crippen LogP contribution in [-0.4, -0.2) is 22.5 Å². The Morgan fingerprint density at radius 1 is 1.30 bits per heavy atom. The number of amides is 1. The van der Waals surface area contributed by atoms with Crippen LogP contribution in [-0.2, 0) is 4.79 Å². The maximum absolute atomic E-state index is 12.2. The van der Waals surface area contributed by atoms with Gasteiger partial charge in [0.25, 0.3) is 0 Å². The Morgan fingerprint density at radius 3 is 2.30 bits per heavy atom. The van der Waals surface area contributed by atoms with Crippen molar-refractivity contribution in [2.24, 2.45) is 5.73 Å². The summed E-state index contributed by atoms with van der Waals surface area (Å²) in [4.78, 5) is 23.4. The normalized spacial score (nSPS) is 11.2. The van der Waals surface area contributed by atoms with Gasteiger partial charge in [0.05, 0.1) is 21.8 Å². The van der Waals surface area contributed by atoms with E-state index in [1.54, 1.807) is 13.8 Å². The van der Waals surface area contributed by atoms with Gasteiger partial charge < -0.3 is 16.2 Å². The zero-order chi connectivity index (χ0) is 15.5. The second-order valence-corrected chi connectivity index (χ2v) is 5.28. The minimum absolute atomic E-state index is 0.00490. The average Bonchev–Trinajstić information content (AvgIpc) is 2.39. The first-order chi connectivity index (χ1) is 9.25. The molecule has 0 atom stereocenters. The summed E-state index contributed by atoms with van der Waals surface area (Å²) in [6.45, 7) is 3.56. The van der Waals surface area contributed by atoms with Gasteiger partial charge in [0, 0.05) is 5.02 Å². The molecule has 0 aromatic heterocycles. The highest BCUT2D eigenvalue weighted by atomic mass is 35.5. The molecule has 5 nitrogen and oxygen atoms in total. The van der Waals surface area contributed by atoms with Crippen LogP contribution in [0.5, 0.6) is 0 Å². The van der Waals surface area contributed by atoms with Crippen LogP contribution in [0.25, 0.3) is 0 Å². The van der Waals surface area contributed by atoms with Crippen LogP contribution >= 0.6 is 23.2 Å². The Bertz CT molecular complexity index is 543. The van der Waals surface area contributed by atoms with Gasteiger partial charge in [-0.3, -0.25) is 4.79 Å². The summed E-state index contributed by atoms with van der Waals surface area (Å²) >= 11 is 11.7. The SMILES string of the molecule is CCC(N)(CC)C(=O)Nc1c(Cl)cc(Cl)cc1C(=O)O. The van der Waals surface area contributed by atoms with Gasteiger partial charge in [-0.1, -0.05) is 37.0 Å². The summed E-state index contributed by atoms with van der Waals surface area (Å²) < 4.78 is 0. The highest BCUT2D eigenvalue weighted by Crippen LogP contribution is 2.31. The summed E-state index contributed by atoms with van der Waals surface area (Å²) in [5, 5.41) is 11.9. The molecule has 0 unspecified atom stereocenters. The maximum atomic E-state index is 12.2. The fourth-order valence-corrected chi connectivity index (χ4v) is 2.22. The number of carboxylic acids is 1. The number of nitrogens with one attached hydrogen (secondary N) is 1. The van der Waals surface area contributed by atoms with Crippen LogP contribution in [0.2, 0.25) is 10.0 Å². The van der Waals surface area contributed by atoms with Gasteiger partial charge in [-0.25, -0.2) is 4.79 Å². The number of carboxylic acid groups (broad SMARTS) is 1. The lowest BCUT2D eigenvalue weighted by Gasteiger charge is -2.25. The summed E-state index contributed by atoms with van der Waals surface area (Å²) in [5.74, 6) is -1.71. The minimum Gasteiger partial charge on any atom is -0.478 e. The summed E-state index contributed by atoms with van der Waals surface area (Å²) in [7, 11) is 0. The molecular weight excluding hydrogens is 303 g/mol. The second-order valence-electron chi connectivity index (χ2n) is 4.43. The van der Waals surface area contributed by atoms with Crippen molar-refractivity contribution >= 4 is 40.8 Å². The average molecular weight is 319 g/mol. The molecule has 0 aliphatic carbocycles. The van der Waals surface area contributed by atoms with Gasteiger partial charge in [-0.15, -0.1) is 0 Å². The van der Waals surface area contributed by atoms with E-state index >= 15 is 0 Å². The molecule has 0 radical (unpaired) electrons. The number of nitrogens with two attached hydrogens (primary N) is 1. The van der Waals surface area contributed by atoms with Gasteiger partial charge in [0.2, 0.25) is 5.91 Å². The van der Waals surface area contributed by atoms with Gasteiger partial charge in [0.15, 0.2) is 0 Å². The molecule has 7 heteroatoms. The number of halogens is 2. The molecule has 4 N–H and O–H groups in total. The van der Waals surface area contributed by atoms with Gasteiger partial charge >= 0.3 is 5.97 Å². The number of aromatic carboxylic acids is 1. The largest absolute Gasteiger partial charge is 0.478 e. The first kappa shape index (κ1) is 16.8. The molecule has 0 aliphatic rings. The van der Waals surface area contributed by atoms with E-state index in [0.29, 0.717) is 12.8 Å². The monoisotopic (exact) mass is 318 g/mol. The maximum Gasteiger partial charge on any atom is 0.337 e. The van der Waals surface area contributed by atoms with E-state index < -0.39 is 17.4 Å². The standard InChI is InChI=1S/C13H16Cl2N2O3/c1-3-13(16,4-2)12(20)17-10-8(11(18)19)5-7(14)6-9(10)15/h5-6H,3-4,16H2,1-2H3,(H,17,20)(H,18,19). The lowest BCUT2D eigenvalue weighted by atomic mass is 9.93. The Kier molecular flexibility index (Phi) is 5.39. The molecule has 0 heterocycles. The van der Waals surface area contributed by atoms with Crippen molar-refractivity contribution in [3.05, 3.63) is 27.7 Å². The molecular formula is C13H16Cl2N2O3. The Morgan fingerprint density at radius 2 is 1.85 bits per heavy atom. The molecule has 1 amide bonds. The topological polar surface area (TPSA) is 92.4 Å².